The fourth-order valence-electron chi connectivity index (χ4n) is 2.43. The summed E-state index contributed by atoms with van der Waals surface area (Å²) in [4.78, 5) is 12.4. The van der Waals surface area contributed by atoms with Crippen molar-refractivity contribution in [3.63, 3.8) is 0 Å². The lowest BCUT2D eigenvalue weighted by Crippen LogP contribution is -2.38. The number of aryl methyl sites for hydroxylation is 2. The molecule has 0 atom stereocenters. The van der Waals surface area contributed by atoms with E-state index in [1.165, 1.54) is 4.88 Å². The van der Waals surface area contributed by atoms with Crippen molar-refractivity contribution < 1.29 is 0 Å². The highest BCUT2D eigenvalue weighted by molar-refractivity contribution is 14.0. The summed E-state index contributed by atoms with van der Waals surface area (Å²) in [6.07, 6.45) is 6.04. The lowest BCUT2D eigenvalue weighted by Gasteiger charge is -2.21. The van der Waals surface area contributed by atoms with E-state index in [-0.39, 0.29) is 24.0 Å². The lowest BCUT2D eigenvalue weighted by atomic mass is 10.3. The number of nitrogens with zero attached hydrogens (tertiary/aromatic N) is 4. The Kier molecular flexibility index (Phi) is 10.4. The van der Waals surface area contributed by atoms with Crippen molar-refractivity contribution in [1.29, 1.82) is 0 Å². The molecule has 0 aliphatic carbocycles. The summed E-state index contributed by atoms with van der Waals surface area (Å²) < 4.78 is 3.01. The summed E-state index contributed by atoms with van der Waals surface area (Å²) in [7, 11) is 2.06. The van der Waals surface area contributed by atoms with E-state index in [9.17, 15) is 0 Å². The van der Waals surface area contributed by atoms with Crippen LogP contribution in [0.4, 0.5) is 0 Å². The number of hydrogen-bond acceptors (Lipinski definition) is 3. The monoisotopic (exact) mass is 495 g/mol. The molecule has 1 N–H and O–H groups in total. The molecule has 2 rings (SSSR count). The smallest absolute Gasteiger partial charge is 0.193 e. The molecule has 2 aromatic heterocycles. The Morgan fingerprint density at radius 1 is 1.40 bits per heavy atom. The van der Waals surface area contributed by atoms with Gasteiger partial charge in [0.15, 0.2) is 5.96 Å². The predicted octanol–water partition coefficient (Wildman–Crippen LogP) is 4.40. The van der Waals surface area contributed by atoms with Gasteiger partial charge < -0.3 is 14.8 Å². The largest absolute Gasteiger partial charge is 0.357 e. The number of unbranched alkanes of at least 4 members (excludes halogenated alkanes) is 1. The van der Waals surface area contributed by atoms with Crippen LogP contribution in [-0.2, 0) is 13.1 Å². The molecular weight excluding hydrogens is 469 g/mol. The second-order valence-corrected chi connectivity index (χ2v) is 7.47. The molecule has 0 saturated heterocycles. The topological polar surface area (TPSA) is 45.5 Å². The molecule has 0 aliphatic heterocycles. The number of aliphatic imine (C=N–C) groups is 1. The van der Waals surface area contributed by atoms with Crippen molar-refractivity contribution in [1.82, 2.24) is 19.8 Å². The first-order valence-electron chi connectivity index (χ1n) is 8.31. The van der Waals surface area contributed by atoms with E-state index in [2.05, 4.69) is 39.8 Å². The third kappa shape index (κ3) is 7.53. The third-order valence-corrected chi connectivity index (χ3v) is 4.93. The fraction of sp³-hybridized carbons (Fsp3) is 0.529. The minimum absolute atomic E-state index is 0. The van der Waals surface area contributed by atoms with Crippen LogP contribution in [0.1, 0.15) is 30.5 Å². The van der Waals surface area contributed by atoms with Crippen LogP contribution in [0.25, 0.3) is 0 Å². The second kappa shape index (κ2) is 11.7. The van der Waals surface area contributed by atoms with Crippen LogP contribution in [0.15, 0.2) is 29.5 Å². The molecule has 5 nitrogen and oxygen atoms in total. The van der Waals surface area contributed by atoms with Gasteiger partial charge in [-0.25, -0.2) is 4.98 Å². The number of imidazole rings is 1. The Hall–Kier alpha value is -0.800. The van der Waals surface area contributed by atoms with Crippen LogP contribution < -0.4 is 5.32 Å². The van der Waals surface area contributed by atoms with E-state index in [1.54, 1.807) is 11.3 Å². The quantitative estimate of drug-likeness (QED) is 0.255. The second-order valence-electron chi connectivity index (χ2n) is 5.67. The molecular formula is C17H27ClIN5S. The number of halogens is 2. The van der Waals surface area contributed by atoms with Gasteiger partial charge in [0.25, 0.3) is 0 Å². The van der Waals surface area contributed by atoms with Gasteiger partial charge in [-0.1, -0.05) is 11.6 Å². The number of hydrogen-bond donors (Lipinski definition) is 1. The summed E-state index contributed by atoms with van der Waals surface area (Å²) in [5.74, 6) is 2.02. The Balaban J connectivity index is 0.00000312. The summed E-state index contributed by atoms with van der Waals surface area (Å²) >= 11 is 7.62. The van der Waals surface area contributed by atoms with Gasteiger partial charge in [-0.2, -0.15) is 0 Å². The highest BCUT2D eigenvalue weighted by Crippen LogP contribution is 2.22. The van der Waals surface area contributed by atoms with E-state index in [4.69, 9.17) is 16.6 Å². The van der Waals surface area contributed by atoms with Gasteiger partial charge in [0, 0.05) is 44.0 Å². The maximum Gasteiger partial charge on any atom is 0.193 e. The van der Waals surface area contributed by atoms with Crippen molar-refractivity contribution in [3.05, 3.63) is 39.6 Å². The molecule has 8 heteroatoms. The molecule has 0 saturated carbocycles. The van der Waals surface area contributed by atoms with Crippen LogP contribution in [-0.4, -0.2) is 40.5 Å². The van der Waals surface area contributed by atoms with E-state index >= 15 is 0 Å². The van der Waals surface area contributed by atoms with E-state index in [1.807, 2.05) is 25.4 Å². The van der Waals surface area contributed by atoms with Crippen LogP contribution in [0.5, 0.6) is 0 Å². The van der Waals surface area contributed by atoms with Crippen LogP contribution in [0.3, 0.4) is 0 Å². The Morgan fingerprint density at radius 3 is 2.80 bits per heavy atom. The highest BCUT2D eigenvalue weighted by atomic mass is 127. The van der Waals surface area contributed by atoms with Crippen LogP contribution >= 0.6 is 46.9 Å². The third-order valence-electron chi connectivity index (χ3n) is 3.71. The van der Waals surface area contributed by atoms with Crippen molar-refractivity contribution in [2.75, 3.05) is 20.1 Å². The maximum absolute atomic E-state index is 6.00. The molecule has 0 radical (unpaired) electrons. The van der Waals surface area contributed by atoms with Crippen molar-refractivity contribution >= 4 is 52.9 Å². The molecule has 2 aromatic rings. The van der Waals surface area contributed by atoms with Crippen molar-refractivity contribution in [2.24, 2.45) is 4.99 Å². The van der Waals surface area contributed by atoms with Gasteiger partial charge in [0.2, 0.25) is 0 Å². The first-order valence-corrected chi connectivity index (χ1v) is 9.51. The zero-order chi connectivity index (χ0) is 17.4. The predicted molar refractivity (Wildman–Crippen MR) is 118 cm³/mol. The molecule has 0 unspecified atom stereocenters. The standard InChI is InChI=1S/C17H26ClN5S.HI/c1-4-19-17(22(3)13-15-7-8-16(18)24-15)21-9-5-6-11-23-12-10-20-14(23)2;/h7-8,10,12H,4-6,9,11,13H2,1-3H3,(H,19,21);1H. The average molecular weight is 496 g/mol. The van der Waals surface area contributed by atoms with Gasteiger partial charge in [-0.05, 0) is 38.8 Å². The summed E-state index contributed by atoms with van der Waals surface area (Å²) in [5, 5.41) is 3.36. The highest BCUT2D eigenvalue weighted by Gasteiger charge is 2.08. The molecule has 0 bridgehead atoms. The molecule has 2 heterocycles. The zero-order valence-electron chi connectivity index (χ0n) is 15.0. The number of aromatic nitrogens is 2. The fourth-order valence-corrected chi connectivity index (χ4v) is 3.58. The SMILES string of the molecule is CCNC(=NCCCCn1ccnc1C)N(C)Cc1ccc(Cl)s1.I. The molecule has 0 amide bonds. The first-order chi connectivity index (χ1) is 11.6. The molecule has 25 heavy (non-hydrogen) atoms. The minimum Gasteiger partial charge on any atom is -0.357 e. The normalized spacial score (nSPS) is 11.3. The molecule has 0 aliphatic rings. The summed E-state index contributed by atoms with van der Waals surface area (Å²) in [6, 6.07) is 4.01. The summed E-state index contributed by atoms with van der Waals surface area (Å²) in [5.41, 5.74) is 0. The molecule has 0 fully saturated rings. The van der Waals surface area contributed by atoms with Gasteiger partial charge in [0.05, 0.1) is 10.9 Å². The Morgan fingerprint density at radius 2 is 2.20 bits per heavy atom. The average Bonchev–Trinajstić information content (AvgIpc) is 3.14. The van der Waals surface area contributed by atoms with Crippen molar-refractivity contribution in [3.8, 4) is 0 Å². The van der Waals surface area contributed by atoms with E-state index < -0.39 is 0 Å². The van der Waals surface area contributed by atoms with E-state index in [0.29, 0.717) is 0 Å². The number of guanidine groups is 1. The van der Waals surface area contributed by atoms with Crippen LogP contribution in [0.2, 0.25) is 4.34 Å². The van der Waals surface area contributed by atoms with Gasteiger partial charge in [-0.3, -0.25) is 4.99 Å². The molecule has 140 valence electrons. The Bertz CT molecular complexity index is 655. The maximum atomic E-state index is 6.00. The molecule has 0 spiro atoms. The lowest BCUT2D eigenvalue weighted by molar-refractivity contribution is 0.480. The van der Waals surface area contributed by atoms with E-state index in [0.717, 1.165) is 55.1 Å². The van der Waals surface area contributed by atoms with Gasteiger partial charge in [0.1, 0.15) is 5.82 Å². The number of nitrogens with one attached hydrogen (secondary N) is 1. The summed E-state index contributed by atoms with van der Waals surface area (Å²) in [6.45, 7) is 7.63. The number of rotatable bonds is 8. The van der Waals surface area contributed by atoms with Gasteiger partial charge in [-0.15, -0.1) is 35.3 Å². The van der Waals surface area contributed by atoms with Gasteiger partial charge >= 0.3 is 0 Å². The first kappa shape index (κ1) is 22.2. The number of thiophene rings is 1. The molecule has 0 aromatic carbocycles. The zero-order valence-corrected chi connectivity index (χ0v) is 18.9. The van der Waals surface area contributed by atoms with Crippen molar-refractivity contribution in [2.45, 2.75) is 39.8 Å². The Labute approximate surface area is 176 Å². The van der Waals surface area contributed by atoms with Crippen LogP contribution in [0, 0.1) is 6.92 Å². The minimum atomic E-state index is 0.